The lowest BCUT2D eigenvalue weighted by molar-refractivity contribution is 0.576. The van der Waals surface area contributed by atoms with E-state index in [0.29, 0.717) is 11.3 Å². The molecule has 106 valence electrons. The Kier molecular flexibility index (Phi) is 2.91. The molecule has 9 heteroatoms. The largest absolute Gasteiger partial charge is 0.309 e. The molecule has 1 atom stereocenters. The summed E-state index contributed by atoms with van der Waals surface area (Å²) in [5, 5.41) is 6.91. The Morgan fingerprint density at radius 2 is 2.10 bits per heavy atom. The fourth-order valence-corrected chi connectivity index (χ4v) is 6.50. The number of rotatable bonds is 2. The highest BCUT2D eigenvalue weighted by Crippen LogP contribution is 2.29. The third-order valence-corrected chi connectivity index (χ3v) is 7.61. The van der Waals surface area contributed by atoms with Gasteiger partial charge < -0.3 is 0 Å². The molecule has 2 heterocycles. The second-order valence-corrected chi connectivity index (χ2v) is 8.54. The van der Waals surface area contributed by atoms with Crippen LogP contribution in [0.5, 0.6) is 0 Å². The monoisotopic (exact) mass is 312 g/mol. The maximum Gasteiger partial charge on any atom is 0.309 e. The van der Waals surface area contributed by atoms with Crippen LogP contribution in [0.1, 0.15) is 5.56 Å². The zero-order valence-corrected chi connectivity index (χ0v) is 12.3. The van der Waals surface area contributed by atoms with Crippen molar-refractivity contribution in [3.63, 3.8) is 0 Å². The Bertz CT molecular complexity index is 892. The van der Waals surface area contributed by atoms with Crippen LogP contribution in [0.15, 0.2) is 44.2 Å². The zero-order valence-electron chi connectivity index (χ0n) is 10.6. The highest BCUT2D eigenvalue weighted by molar-refractivity contribution is 8.03. The molecule has 0 bridgehead atoms. The van der Waals surface area contributed by atoms with Gasteiger partial charge in [-0.3, -0.25) is 0 Å². The lowest BCUT2D eigenvalue weighted by Gasteiger charge is -2.04. The zero-order chi connectivity index (χ0) is 14.4. The second-order valence-electron chi connectivity index (χ2n) is 4.45. The predicted molar refractivity (Wildman–Crippen MR) is 72.0 cm³/mol. The van der Waals surface area contributed by atoms with Crippen molar-refractivity contribution in [2.45, 2.75) is 16.3 Å². The number of sulfonamides is 1. The van der Waals surface area contributed by atoms with Crippen LogP contribution in [0, 0.1) is 0 Å². The van der Waals surface area contributed by atoms with Gasteiger partial charge >= 0.3 is 10.0 Å². The van der Waals surface area contributed by atoms with Crippen LogP contribution >= 0.6 is 0 Å². The first-order chi connectivity index (χ1) is 9.42. The van der Waals surface area contributed by atoms with Gasteiger partial charge in [-0.2, -0.15) is 8.42 Å². The van der Waals surface area contributed by atoms with E-state index in [1.807, 2.05) is 12.1 Å². The van der Waals surface area contributed by atoms with E-state index in [0.717, 1.165) is 16.4 Å². The summed E-state index contributed by atoms with van der Waals surface area (Å²) in [5.74, 6) is 0.219. The van der Waals surface area contributed by atoms with Crippen molar-refractivity contribution in [3.8, 4) is 0 Å². The Morgan fingerprint density at radius 1 is 1.35 bits per heavy atom. The molecular formula is C11H12N4O3S2. The van der Waals surface area contributed by atoms with Crippen LogP contribution in [-0.4, -0.2) is 33.4 Å². The molecule has 0 amide bonds. The number of hydrogen-bond acceptors (Lipinski definition) is 5. The average molecular weight is 312 g/mol. The van der Waals surface area contributed by atoms with Crippen molar-refractivity contribution < 1.29 is 12.6 Å². The van der Waals surface area contributed by atoms with E-state index in [2.05, 4.69) is 14.1 Å². The van der Waals surface area contributed by atoms with E-state index in [1.165, 1.54) is 7.05 Å². The topological polar surface area (TPSA) is 94.3 Å². The molecule has 7 nitrogen and oxygen atoms in total. The smallest absolute Gasteiger partial charge is 0.244 e. The van der Waals surface area contributed by atoms with Gasteiger partial charge in [-0.1, -0.05) is 23.4 Å². The summed E-state index contributed by atoms with van der Waals surface area (Å²) in [6.45, 7) is 0. The van der Waals surface area contributed by atoms with E-state index >= 15 is 0 Å². The van der Waals surface area contributed by atoms with Crippen molar-refractivity contribution in [1.82, 2.24) is 15.0 Å². The molecule has 0 saturated heterocycles. The third-order valence-electron chi connectivity index (χ3n) is 3.12. The van der Waals surface area contributed by atoms with Gasteiger partial charge in [0.2, 0.25) is 0 Å². The third kappa shape index (κ3) is 2.02. The minimum absolute atomic E-state index is 0.162. The van der Waals surface area contributed by atoms with Gasteiger partial charge in [0.1, 0.15) is 0 Å². The SMILES string of the molecule is Cn1nncc1S(=O)(=O)N=S1(=O)CCc2ccccc21. The van der Waals surface area contributed by atoms with Crippen LogP contribution in [-0.2, 0) is 33.2 Å². The van der Waals surface area contributed by atoms with Crippen molar-refractivity contribution in [1.29, 1.82) is 0 Å². The molecule has 1 aliphatic heterocycles. The molecule has 1 aromatic heterocycles. The first-order valence-corrected chi connectivity index (χ1v) is 8.98. The molecule has 0 saturated carbocycles. The summed E-state index contributed by atoms with van der Waals surface area (Å²) in [6, 6.07) is 7.09. The normalized spacial score (nSPS) is 21.6. The standard InChI is InChI=1S/C11H12N4O3S2/c1-15-11(8-12-13-15)20(17,18)14-19(16)7-6-9-4-2-3-5-10(9)19/h2-5,8H,6-7H2,1H3. The van der Waals surface area contributed by atoms with Crippen molar-refractivity contribution in [3.05, 3.63) is 36.0 Å². The Balaban J connectivity index is 2.20. The van der Waals surface area contributed by atoms with E-state index in [9.17, 15) is 12.6 Å². The van der Waals surface area contributed by atoms with Crippen LogP contribution in [0.25, 0.3) is 0 Å². The van der Waals surface area contributed by atoms with Gasteiger partial charge in [0.25, 0.3) is 0 Å². The van der Waals surface area contributed by atoms with Crippen molar-refractivity contribution in [2.75, 3.05) is 5.75 Å². The van der Waals surface area contributed by atoms with Gasteiger partial charge in [0.15, 0.2) is 5.03 Å². The molecule has 0 aliphatic carbocycles. The molecule has 0 N–H and O–H groups in total. The van der Waals surface area contributed by atoms with Crippen LogP contribution in [0.3, 0.4) is 0 Å². The Labute approximate surface area is 116 Å². The fourth-order valence-electron chi connectivity index (χ4n) is 2.17. The Morgan fingerprint density at radius 3 is 2.80 bits per heavy atom. The summed E-state index contributed by atoms with van der Waals surface area (Å²) < 4.78 is 42.1. The molecule has 2 aromatic rings. The maximum atomic E-state index is 12.8. The van der Waals surface area contributed by atoms with Gasteiger partial charge in [0, 0.05) is 12.8 Å². The minimum atomic E-state index is -4.04. The van der Waals surface area contributed by atoms with E-state index < -0.39 is 19.8 Å². The molecule has 3 rings (SSSR count). The van der Waals surface area contributed by atoms with E-state index in [4.69, 9.17) is 0 Å². The van der Waals surface area contributed by atoms with Gasteiger partial charge in [-0.05, 0) is 18.1 Å². The van der Waals surface area contributed by atoms with Gasteiger partial charge in [0.05, 0.1) is 20.8 Å². The fraction of sp³-hybridized carbons (Fsp3) is 0.273. The molecule has 1 unspecified atom stereocenters. The molecule has 20 heavy (non-hydrogen) atoms. The van der Waals surface area contributed by atoms with Crippen LogP contribution in [0.2, 0.25) is 0 Å². The second kappa shape index (κ2) is 4.38. The van der Waals surface area contributed by atoms with E-state index in [1.54, 1.807) is 12.1 Å². The van der Waals surface area contributed by atoms with Crippen molar-refractivity contribution >= 4 is 19.8 Å². The van der Waals surface area contributed by atoms with E-state index in [-0.39, 0.29) is 10.8 Å². The number of nitrogens with zero attached hydrogens (tertiary/aromatic N) is 4. The quantitative estimate of drug-likeness (QED) is 0.809. The molecular weight excluding hydrogens is 300 g/mol. The summed E-state index contributed by atoms with van der Waals surface area (Å²) in [7, 11) is -5.54. The number of aromatic nitrogens is 3. The summed E-state index contributed by atoms with van der Waals surface area (Å²) in [6.07, 6.45) is 1.67. The molecule has 0 spiro atoms. The van der Waals surface area contributed by atoms with Gasteiger partial charge in [-0.25, -0.2) is 8.89 Å². The van der Waals surface area contributed by atoms with Crippen LogP contribution in [0.4, 0.5) is 0 Å². The molecule has 1 aromatic carbocycles. The summed E-state index contributed by atoms with van der Waals surface area (Å²) in [4.78, 5) is 0.513. The first-order valence-electron chi connectivity index (χ1n) is 5.86. The van der Waals surface area contributed by atoms with Crippen LogP contribution < -0.4 is 0 Å². The number of fused-ring (bicyclic) bond motifs is 1. The maximum absolute atomic E-state index is 12.8. The number of aryl methyl sites for hydroxylation is 2. The lowest BCUT2D eigenvalue weighted by atomic mass is 10.2. The summed E-state index contributed by atoms with van der Waals surface area (Å²) in [5.41, 5.74) is 0.889. The summed E-state index contributed by atoms with van der Waals surface area (Å²) >= 11 is 0. The molecule has 1 aliphatic rings. The molecule has 0 fully saturated rings. The first kappa shape index (κ1) is 13.3. The van der Waals surface area contributed by atoms with Crippen molar-refractivity contribution in [2.24, 2.45) is 10.8 Å². The Hall–Kier alpha value is -1.74. The number of benzene rings is 1. The number of hydrogen-bond donors (Lipinski definition) is 0. The lowest BCUT2D eigenvalue weighted by Crippen LogP contribution is -2.09. The highest BCUT2D eigenvalue weighted by atomic mass is 32.3. The molecule has 0 radical (unpaired) electrons. The average Bonchev–Trinajstić information content (AvgIpc) is 2.95. The predicted octanol–water partition coefficient (Wildman–Crippen LogP) is 0.587. The van der Waals surface area contributed by atoms with Gasteiger partial charge in [-0.15, -0.1) is 8.87 Å². The minimum Gasteiger partial charge on any atom is -0.244 e. The highest BCUT2D eigenvalue weighted by Gasteiger charge is 2.29.